The quantitative estimate of drug-likeness (QED) is 0.764. The first-order valence-electron chi connectivity index (χ1n) is 6.92. The van der Waals surface area contributed by atoms with Gasteiger partial charge in [-0.15, -0.1) is 0 Å². The maximum absolute atomic E-state index is 12.5. The third-order valence-corrected chi connectivity index (χ3v) is 4.61. The SMILES string of the molecule is COc1ccc(C(=O)N2CC(C(C)(C)C)CC2=O)cc1Br. The monoisotopic (exact) mass is 353 g/mol. The Labute approximate surface area is 133 Å². The Morgan fingerprint density at radius 2 is 2.05 bits per heavy atom. The summed E-state index contributed by atoms with van der Waals surface area (Å²) in [5.41, 5.74) is 0.510. The Kier molecular flexibility index (Phi) is 4.42. The molecule has 2 rings (SSSR count). The van der Waals surface area contributed by atoms with E-state index in [-0.39, 0.29) is 23.1 Å². The summed E-state index contributed by atoms with van der Waals surface area (Å²) in [5.74, 6) is 0.532. The van der Waals surface area contributed by atoms with Gasteiger partial charge in [0.1, 0.15) is 5.75 Å². The molecule has 1 aliphatic heterocycles. The van der Waals surface area contributed by atoms with E-state index in [0.717, 1.165) is 0 Å². The number of carbonyl (C=O) groups excluding carboxylic acids is 2. The van der Waals surface area contributed by atoms with Crippen LogP contribution in [-0.4, -0.2) is 30.4 Å². The van der Waals surface area contributed by atoms with Crippen molar-refractivity contribution in [1.82, 2.24) is 4.90 Å². The minimum absolute atomic E-state index is 0.0190. The Hall–Kier alpha value is -1.36. The van der Waals surface area contributed by atoms with Crippen LogP contribution in [0.2, 0.25) is 0 Å². The van der Waals surface area contributed by atoms with Crippen LogP contribution in [0, 0.1) is 11.3 Å². The van der Waals surface area contributed by atoms with E-state index in [4.69, 9.17) is 4.74 Å². The zero-order valence-electron chi connectivity index (χ0n) is 12.8. The molecule has 0 aliphatic carbocycles. The van der Waals surface area contributed by atoms with Gasteiger partial charge in [0.15, 0.2) is 0 Å². The Balaban J connectivity index is 2.21. The van der Waals surface area contributed by atoms with Crippen molar-refractivity contribution in [2.24, 2.45) is 11.3 Å². The first-order chi connectivity index (χ1) is 9.74. The molecule has 2 amide bonds. The van der Waals surface area contributed by atoms with Gasteiger partial charge in [-0.25, -0.2) is 0 Å². The second kappa shape index (κ2) is 5.79. The lowest BCUT2D eigenvalue weighted by molar-refractivity contribution is -0.125. The molecule has 114 valence electrons. The summed E-state index contributed by atoms with van der Waals surface area (Å²) >= 11 is 3.36. The van der Waals surface area contributed by atoms with Crippen molar-refractivity contribution >= 4 is 27.7 Å². The number of methoxy groups -OCH3 is 1. The van der Waals surface area contributed by atoms with Crippen LogP contribution < -0.4 is 4.74 Å². The molecule has 0 saturated carbocycles. The molecule has 1 unspecified atom stereocenters. The molecule has 0 spiro atoms. The molecule has 0 bridgehead atoms. The number of amides is 2. The largest absolute Gasteiger partial charge is 0.496 e. The van der Waals surface area contributed by atoms with Gasteiger partial charge < -0.3 is 4.74 Å². The third kappa shape index (κ3) is 3.28. The average Bonchev–Trinajstić information content (AvgIpc) is 2.80. The van der Waals surface area contributed by atoms with E-state index in [1.165, 1.54) is 4.90 Å². The molecular weight excluding hydrogens is 334 g/mol. The maximum atomic E-state index is 12.5. The number of hydrogen-bond acceptors (Lipinski definition) is 3. The number of ether oxygens (including phenoxy) is 1. The second-order valence-electron chi connectivity index (χ2n) is 6.43. The smallest absolute Gasteiger partial charge is 0.260 e. The molecule has 5 heteroatoms. The van der Waals surface area contributed by atoms with Gasteiger partial charge in [-0.1, -0.05) is 20.8 Å². The van der Waals surface area contributed by atoms with Crippen LogP contribution in [-0.2, 0) is 4.79 Å². The highest BCUT2D eigenvalue weighted by atomic mass is 79.9. The number of carbonyl (C=O) groups is 2. The predicted octanol–water partition coefficient (Wildman–Crippen LogP) is 3.49. The molecule has 21 heavy (non-hydrogen) atoms. The molecule has 1 aliphatic rings. The topological polar surface area (TPSA) is 46.6 Å². The summed E-state index contributed by atoms with van der Waals surface area (Å²) in [7, 11) is 1.57. The van der Waals surface area contributed by atoms with Crippen LogP contribution >= 0.6 is 15.9 Å². The molecule has 1 aromatic carbocycles. The summed E-state index contributed by atoms with van der Waals surface area (Å²) in [4.78, 5) is 26.0. The Bertz CT molecular complexity index is 577. The standard InChI is InChI=1S/C16H20BrNO3/c1-16(2,3)11-8-14(19)18(9-11)15(20)10-5-6-13(21-4)12(17)7-10/h5-7,11H,8-9H2,1-4H3. The predicted molar refractivity (Wildman–Crippen MR) is 84.3 cm³/mol. The van der Waals surface area contributed by atoms with Crippen molar-refractivity contribution in [3.63, 3.8) is 0 Å². The lowest BCUT2D eigenvalue weighted by Crippen LogP contribution is -2.33. The maximum Gasteiger partial charge on any atom is 0.260 e. The van der Waals surface area contributed by atoms with Crippen molar-refractivity contribution < 1.29 is 14.3 Å². The van der Waals surface area contributed by atoms with E-state index in [1.807, 2.05) is 0 Å². The molecule has 1 heterocycles. The zero-order valence-corrected chi connectivity index (χ0v) is 14.4. The van der Waals surface area contributed by atoms with E-state index in [9.17, 15) is 9.59 Å². The van der Waals surface area contributed by atoms with E-state index in [1.54, 1.807) is 25.3 Å². The number of likely N-dealkylation sites (tertiary alicyclic amines) is 1. The number of hydrogen-bond donors (Lipinski definition) is 0. The summed E-state index contributed by atoms with van der Waals surface area (Å²) in [6.45, 7) is 6.79. The summed E-state index contributed by atoms with van der Waals surface area (Å²) in [6, 6.07) is 5.10. The van der Waals surface area contributed by atoms with Crippen LogP contribution in [0.1, 0.15) is 37.6 Å². The lowest BCUT2D eigenvalue weighted by Gasteiger charge is -2.26. The molecule has 4 nitrogen and oxygen atoms in total. The fraction of sp³-hybridized carbons (Fsp3) is 0.500. The highest BCUT2D eigenvalue weighted by Gasteiger charge is 2.39. The molecule has 1 fully saturated rings. The third-order valence-electron chi connectivity index (χ3n) is 3.99. The van der Waals surface area contributed by atoms with E-state index < -0.39 is 0 Å². The van der Waals surface area contributed by atoms with Gasteiger partial charge in [0.25, 0.3) is 5.91 Å². The summed E-state index contributed by atoms with van der Waals surface area (Å²) < 4.78 is 5.85. The summed E-state index contributed by atoms with van der Waals surface area (Å²) in [6.07, 6.45) is 0.437. The molecular formula is C16H20BrNO3. The van der Waals surface area contributed by atoms with E-state index in [2.05, 4.69) is 36.7 Å². The van der Waals surface area contributed by atoms with Crippen molar-refractivity contribution in [1.29, 1.82) is 0 Å². The van der Waals surface area contributed by atoms with Gasteiger partial charge in [0, 0.05) is 18.5 Å². The van der Waals surface area contributed by atoms with Crippen molar-refractivity contribution in [3.05, 3.63) is 28.2 Å². The number of benzene rings is 1. The van der Waals surface area contributed by atoms with Crippen LogP contribution in [0.5, 0.6) is 5.75 Å². The Morgan fingerprint density at radius 1 is 1.38 bits per heavy atom. The fourth-order valence-corrected chi connectivity index (χ4v) is 2.98. The Morgan fingerprint density at radius 3 is 2.52 bits per heavy atom. The molecule has 0 N–H and O–H groups in total. The number of imide groups is 1. The number of nitrogens with zero attached hydrogens (tertiary/aromatic N) is 1. The minimum Gasteiger partial charge on any atom is -0.496 e. The van der Waals surface area contributed by atoms with Crippen LogP contribution in [0.15, 0.2) is 22.7 Å². The highest BCUT2D eigenvalue weighted by molar-refractivity contribution is 9.10. The van der Waals surface area contributed by atoms with Gasteiger partial charge in [-0.3, -0.25) is 14.5 Å². The van der Waals surface area contributed by atoms with Crippen LogP contribution in [0.25, 0.3) is 0 Å². The molecule has 0 radical (unpaired) electrons. The van der Waals surface area contributed by atoms with E-state index in [0.29, 0.717) is 28.8 Å². The highest BCUT2D eigenvalue weighted by Crippen LogP contribution is 2.35. The van der Waals surface area contributed by atoms with Gasteiger partial charge >= 0.3 is 0 Å². The van der Waals surface area contributed by atoms with Gasteiger partial charge in [0.05, 0.1) is 11.6 Å². The van der Waals surface area contributed by atoms with Gasteiger partial charge in [-0.05, 0) is 45.5 Å². The van der Waals surface area contributed by atoms with E-state index >= 15 is 0 Å². The molecule has 0 aromatic heterocycles. The molecule has 1 saturated heterocycles. The summed E-state index contributed by atoms with van der Waals surface area (Å²) in [5, 5.41) is 0. The van der Waals surface area contributed by atoms with Crippen molar-refractivity contribution in [3.8, 4) is 5.75 Å². The van der Waals surface area contributed by atoms with Crippen molar-refractivity contribution in [2.75, 3.05) is 13.7 Å². The number of rotatable bonds is 2. The first-order valence-corrected chi connectivity index (χ1v) is 7.71. The first kappa shape index (κ1) is 16.0. The fourth-order valence-electron chi connectivity index (χ4n) is 2.44. The number of halogens is 1. The van der Waals surface area contributed by atoms with Crippen LogP contribution in [0.3, 0.4) is 0 Å². The average molecular weight is 354 g/mol. The molecule has 1 atom stereocenters. The lowest BCUT2D eigenvalue weighted by atomic mass is 9.80. The van der Waals surface area contributed by atoms with Crippen LogP contribution in [0.4, 0.5) is 0 Å². The zero-order chi connectivity index (χ0) is 15.8. The van der Waals surface area contributed by atoms with Gasteiger partial charge in [-0.2, -0.15) is 0 Å². The van der Waals surface area contributed by atoms with Gasteiger partial charge in [0.2, 0.25) is 5.91 Å². The minimum atomic E-state index is -0.241. The normalized spacial score (nSPS) is 19.0. The molecule has 1 aromatic rings. The van der Waals surface area contributed by atoms with Crippen molar-refractivity contribution in [2.45, 2.75) is 27.2 Å². The second-order valence-corrected chi connectivity index (χ2v) is 7.28.